The van der Waals surface area contributed by atoms with E-state index in [1.54, 1.807) is 0 Å². The lowest BCUT2D eigenvalue weighted by atomic mass is 10.0. The summed E-state index contributed by atoms with van der Waals surface area (Å²) in [7, 11) is 8.40. The minimum Gasteiger partial charge on any atom is -0.330 e. The first-order valence-electron chi connectivity index (χ1n) is 6.25. The highest BCUT2D eigenvalue weighted by Gasteiger charge is 2.20. The Morgan fingerprint density at radius 2 is 1.62 bits per heavy atom. The van der Waals surface area contributed by atoms with Crippen molar-refractivity contribution < 1.29 is 0 Å². The molecular weight excluding hydrogens is 200 g/mol. The summed E-state index contributed by atoms with van der Waals surface area (Å²) >= 11 is 0. The number of nitrogens with zero attached hydrogens (tertiary/aromatic N) is 2. The zero-order valence-corrected chi connectivity index (χ0v) is 11.4. The van der Waals surface area contributed by atoms with Gasteiger partial charge in [-0.05, 0) is 47.6 Å². The van der Waals surface area contributed by atoms with E-state index in [0.29, 0.717) is 6.04 Å². The van der Waals surface area contributed by atoms with E-state index < -0.39 is 0 Å². The molecule has 0 bridgehead atoms. The van der Waals surface area contributed by atoms with Gasteiger partial charge in [0.1, 0.15) is 0 Å². The molecule has 0 spiro atoms. The smallest absolute Gasteiger partial charge is 0.0368 e. The van der Waals surface area contributed by atoms with Crippen molar-refractivity contribution in [3.05, 3.63) is 0 Å². The quantitative estimate of drug-likeness (QED) is 0.560. The number of unbranched alkanes of at least 4 members (excludes halogenated alkanes) is 2. The maximum atomic E-state index is 6.25. The second kappa shape index (κ2) is 8.93. The third-order valence-corrected chi connectivity index (χ3v) is 2.95. The third kappa shape index (κ3) is 7.17. The molecule has 98 valence electrons. The summed E-state index contributed by atoms with van der Waals surface area (Å²) in [6.45, 7) is 1.81. The van der Waals surface area contributed by atoms with Crippen molar-refractivity contribution in [2.24, 2.45) is 11.5 Å². The normalized spacial score (nSPS) is 15.8. The van der Waals surface area contributed by atoms with Crippen LogP contribution in [0.25, 0.3) is 0 Å². The van der Waals surface area contributed by atoms with Crippen molar-refractivity contribution in [3.63, 3.8) is 0 Å². The van der Waals surface area contributed by atoms with Crippen LogP contribution in [-0.4, -0.2) is 63.2 Å². The summed E-state index contributed by atoms with van der Waals surface area (Å²) in [6.07, 6.45) is 4.60. The second-order valence-electron chi connectivity index (χ2n) is 5.10. The topological polar surface area (TPSA) is 58.5 Å². The number of hydrogen-bond acceptors (Lipinski definition) is 4. The molecule has 4 nitrogen and oxygen atoms in total. The van der Waals surface area contributed by atoms with Crippen molar-refractivity contribution in [1.82, 2.24) is 9.80 Å². The van der Waals surface area contributed by atoms with Gasteiger partial charge in [-0.15, -0.1) is 0 Å². The molecule has 0 saturated heterocycles. The Bertz CT molecular complexity index is 159. The number of hydrogen-bond donors (Lipinski definition) is 2. The molecular formula is C12H30N4. The second-order valence-corrected chi connectivity index (χ2v) is 5.10. The largest absolute Gasteiger partial charge is 0.330 e. The number of nitrogens with two attached hydrogens (primary N) is 2. The zero-order chi connectivity index (χ0) is 12.6. The summed E-state index contributed by atoms with van der Waals surface area (Å²) in [5, 5.41) is 0. The van der Waals surface area contributed by atoms with Crippen LogP contribution >= 0.6 is 0 Å². The molecule has 0 aliphatic carbocycles. The molecule has 0 aromatic carbocycles. The van der Waals surface area contributed by atoms with Crippen LogP contribution in [0.5, 0.6) is 0 Å². The van der Waals surface area contributed by atoms with E-state index in [0.717, 1.165) is 25.9 Å². The van der Waals surface area contributed by atoms with E-state index in [-0.39, 0.29) is 6.04 Å². The van der Waals surface area contributed by atoms with Gasteiger partial charge in [0.2, 0.25) is 0 Å². The highest BCUT2D eigenvalue weighted by atomic mass is 15.2. The molecule has 0 amide bonds. The lowest BCUT2D eigenvalue weighted by Gasteiger charge is -2.32. The van der Waals surface area contributed by atoms with Crippen LogP contribution in [0.2, 0.25) is 0 Å². The number of likely N-dealkylation sites (N-methyl/N-ethyl adjacent to an activating group) is 2. The molecule has 0 aromatic heterocycles. The molecule has 0 saturated carbocycles. The minimum atomic E-state index is 0.259. The van der Waals surface area contributed by atoms with Crippen LogP contribution in [0.3, 0.4) is 0 Å². The minimum absolute atomic E-state index is 0.259. The highest BCUT2D eigenvalue weighted by molar-refractivity contribution is 4.81. The highest BCUT2D eigenvalue weighted by Crippen LogP contribution is 2.08. The molecule has 4 heteroatoms. The lowest BCUT2D eigenvalue weighted by Crippen LogP contribution is -2.49. The maximum Gasteiger partial charge on any atom is 0.0368 e. The van der Waals surface area contributed by atoms with Crippen molar-refractivity contribution in [2.45, 2.75) is 37.8 Å². The Morgan fingerprint density at radius 1 is 1.00 bits per heavy atom. The molecule has 0 aromatic rings. The average molecular weight is 230 g/mol. The predicted octanol–water partition coefficient (Wildman–Crippen LogP) is 0.325. The van der Waals surface area contributed by atoms with Gasteiger partial charge < -0.3 is 21.3 Å². The van der Waals surface area contributed by atoms with Crippen LogP contribution in [-0.2, 0) is 0 Å². The Morgan fingerprint density at radius 3 is 2.06 bits per heavy atom. The summed E-state index contributed by atoms with van der Waals surface area (Å²) < 4.78 is 0. The van der Waals surface area contributed by atoms with Gasteiger partial charge in [-0.2, -0.15) is 0 Å². The summed E-state index contributed by atoms with van der Waals surface area (Å²) in [5.41, 5.74) is 11.7. The first-order valence-corrected chi connectivity index (χ1v) is 6.25. The lowest BCUT2D eigenvalue weighted by molar-refractivity contribution is 0.193. The molecule has 16 heavy (non-hydrogen) atoms. The van der Waals surface area contributed by atoms with Gasteiger partial charge >= 0.3 is 0 Å². The first-order chi connectivity index (χ1) is 7.49. The Labute approximate surface area is 101 Å². The standard InChI is InChI=1S/C12H30N4/c1-15(2)10-12(16(3)4)11(14)8-6-5-7-9-13/h11-12H,5-10,13-14H2,1-4H3. The molecule has 2 unspecified atom stereocenters. The first kappa shape index (κ1) is 15.8. The van der Waals surface area contributed by atoms with E-state index >= 15 is 0 Å². The fourth-order valence-corrected chi connectivity index (χ4v) is 1.95. The van der Waals surface area contributed by atoms with Crippen molar-refractivity contribution in [1.29, 1.82) is 0 Å². The Balaban J connectivity index is 3.92. The molecule has 4 N–H and O–H groups in total. The Hall–Kier alpha value is -0.160. The molecule has 0 radical (unpaired) electrons. The van der Waals surface area contributed by atoms with Gasteiger partial charge in [0.05, 0.1) is 0 Å². The monoisotopic (exact) mass is 230 g/mol. The van der Waals surface area contributed by atoms with Gasteiger partial charge in [0, 0.05) is 18.6 Å². The van der Waals surface area contributed by atoms with Gasteiger partial charge in [-0.1, -0.05) is 12.8 Å². The summed E-state index contributed by atoms with van der Waals surface area (Å²) in [5.74, 6) is 0. The van der Waals surface area contributed by atoms with Crippen LogP contribution < -0.4 is 11.5 Å². The molecule has 2 atom stereocenters. The fourth-order valence-electron chi connectivity index (χ4n) is 1.95. The summed E-state index contributed by atoms with van der Waals surface area (Å²) in [4.78, 5) is 4.43. The van der Waals surface area contributed by atoms with Gasteiger partial charge in [0.15, 0.2) is 0 Å². The van der Waals surface area contributed by atoms with E-state index in [9.17, 15) is 0 Å². The molecule has 0 heterocycles. The Kier molecular flexibility index (Phi) is 8.84. The van der Waals surface area contributed by atoms with E-state index in [1.807, 2.05) is 0 Å². The van der Waals surface area contributed by atoms with Crippen molar-refractivity contribution in [3.8, 4) is 0 Å². The fraction of sp³-hybridized carbons (Fsp3) is 1.00. The summed E-state index contributed by atoms with van der Waals surface area (Å²) in [6, 6.07) is 0.697. The van der Waals surface area contributed by atoms with Gasteiger partial charge in [0.25, 0.3) is 0 Å². The van der Waals surface area contributed by atoms with Crippen molar-refractivity contribution in [2.75, 3.05) is 41.3 Å². The predicted molar refractivity (Wildman–Crippen MR) is 71.5 cm³/mol. The van der Waals surface area contributed by atoms with Crippen LogP contribution in [0, 0.1) is 0 Å². The molecule has 0 aliphatic heterocycles. The number of rotatable bonds is 9. The van der Waals surface area contributed by atoms with E-state index in [4.69, 9.17) is 11.5 Å². The van der Waals surface area contributed by atoms with E-state index in [2.05, 4.69) is 38.0 Å². The van der Waals surface area contributed by atoms with E-state index in [1.165, 1.54) is 12.8 Å². The van der Waals surface area contributed by atoms with Crippen LogP contribution in [0.4, 0.5) is 0 Å². The molecule has 0 fully saturated rings. The third-order valence-electron chi connectivity index (χ3n) is 2.95. The average Bonchev–Trinajstić information content (AvgIpc) is 2.20. The SMILES string of the molecule is CN(C)CC(C(N)CCCCCN)N(C)C. The van der Waals surface area contributed by atoms with Crippen LogP contribution in [0.1, 0.15) is 25.7 Å². The van der Waals surface area contributed by atoms with Gasteiger partial charge in [-0.25, -0.2) is 0 Å². The molecule has 0 aliphatic rings. The van der Waals surface area contributed by atoms with Crippen LogP contribution in [0.15, 0.2) is 0 Å². The van der Waals surface area contributed by atoms with Crippen molar-refractivity contribution >= 4 is 0 Å². The molecule has 0 rings (SSSR count). The van der Waals surface area contributed by atoms with Gasteiger partial charge in [-0.3, -0.25) is 0 Å². The zero-order valence-electron chi connectivity index (χ0n) is 11.4. The maximum absolute atomic E-state index is 6.25.